The Morgan fingerprint density at radius 3 is 1.94 bits per heavy atom. The summed E-state index contributed by atoms with van der Waals surface area (Å²) in [7, 11) is -3.49. The second kappa shape index (κ2) is 4.18. The van der Waals surface area contributed by atoms with Crippen molar-refractivity contribution in [2.24, 2.45) is 0 Å². The predicted octanol–water partition coefficient (Wildman–Crippen LogP) is 0.178. The second-order valence-corrected chi connectivity index (χ2v) is 5.87. The van der Waals surface area contributed by atoms with Crippen LogP contribution < -0.4 is 4.72 Å². The minimum atomic E-state index is -3.49. The molecule has 0 bridgehead atoms. The lowest BCUT2D eigenvalue weighted by Gasteiger charge is -2.22. The van der Waals surface area contributed by atoms with Gasteiger partial charge in [-0.15, -0.1) is 0 Å². The molecular formula is C11H12N2O4S. The van der Waals surface area contributed by atoms with E-state index in [4.69, 9.17) is 0 Å². The molecule has 2 rings (SSSR count). The van der Waals surface area contributed by atoms with E-state index < -0.39 is 28.0 Å². The first kappa shape index (κ1) is 12.7. The highest BCUT2D eigenvalue weighted by atomic mass is 32.2. The normalized spacial score (nSPS) is 16.9. The van der Waals surface area contributed by atoms with Crippen molar-refractivity contribution < 1.29 is 18.0 Å². The minimum absolute atomic E-state index is 0.296. The number of carbonyl (C=O) groups excluding carboxylic acids is 2. The molecule has 1 aliphatic heterocycles. The highest BCUT2D eigenvalue weighted by molar-refractivity contribution is 7.88. The lowest BCUT2D eigenvalue weighted by atomic mass is 10.1. The summed E-state index contributed by atoms with van der Waals surface area (Å²) in [5.41, 5.74) is 0.592. The molecule has 1 aromatic carbocycles. The van der Waals surface area contributed by atoms with Crippen molar-refractivity contribution in [3.63, 3.8) is 0 Å². The van der Waals surface area contributed by atoms with Gasteiger partial charge in [-0.2, -0.15) is 4.72 Å². The van der Waals surface area contributed by atoms with Crippen LogP contribution in [-0.2, 0) is 10.0 Å². The Hall–Kier alpha value is -1.73. The fraction of sp³-hybridized carbons (Fsp3) is 0.273. The molecule has 0 radical (unpaired) electrons. The van der Waals surface area contributed by atoms with Crippen molar-refractivity contribution in [3.05, 3.63) is 35.4 Å². The van der Waals surface area contributed by atoms with Crippen molar-refractivity contribution in [1.82, 2.24) is 9.62 Å². The van der Waals surface area contributed by atoms with Gasteiger partial charge in [-0.25, -0.2) is 8.42 Å². The summed E-state index contributed by atoms with van der Waals surface area (Å²) in [5.74, 6) is -0.974. The molecule has 96 valence electrons. The van der Waals surface area contributed by atoms with Gasteiger partial charge in [0, 0.05) is 0 Å². The third-order valence-electron chi connectivity index (χ3n) is 2.60. The molecule has 1 aliphatic rings. The van der Waals surface area contributed by atoms with E-state index in [0.29, 0.717) is 11.1 Å². The largest absolute Gasteiger partial charge is 0.269 e. The van der Waals surface area contributed by atoms with Crippen LogP contribution in [0.3, 0.4) is 0 Å². The molecule has 7 heteroatoms. The average Bonchev–Trinajstić information content (AvgIpc) is 2.50. The summed E-state index contributed by atoms with van der Waals surface area (Å²) >= 11 is 0. The molecule has 2 amide bonds. The molecule has 6 nitrogen and oxygen atoms in total. The average molecular weight is 268 g/mol. The fourth-order valence-corrected chi connectivity index (χ4v) is 2.65. The molecule has 1 heterocycles. The lowest BCUT2D eigenvalue weighted by Crippen LogP contribution is -2.48. The zero-order chi connectivity index (χ0) is 13.5. The number of rotatable bonds is 3. The van der Waals surface area contributed by atoms with Crippen LogP contribution in [0.15, 0.2) is 24.3 Å². The number of fused-ring (bicyclic) bond motifs is 1. The maximum Gasteiger partial charge on any atom is 0.262 e. The number of hydrogen-bond donors (Lipinski definition) is 1. The number of nitrogens with one attached hydrogen (secondary N) is 1. The van der Waals surface area contributed by atoms with Gasteiger partial charge < -0.3 is 0 Å². The van der Waals surface area contributed by atoms with Gasteiger partial charge in [0.15, 0.2) is 0 Å². The highest BCUT2D eigenvalue weighted by Crippen LogP contribution is 2.23. The quantitative estimate of drug-likeness (QED) is 0.792. The Bertz CT molecular complexity index is 589. The minimum Gasteiger partial charge on any atom is -0.269 e. The molecule has 1 N–H and O–H groups in total. The summed E-state index contributed by atoms with van der Waals surface area (Å²) in [6.45, 7) is 1.45. The van der Waals surface area contributed by atoms with Crippen LogP contribution in [0.2, 0.25) is 0 Å². The molecular weight excluding hydrogens is 256 g/mol. The predicted molar refractivity (Wildman–Crippen MR) is 64.4 cm³/mol. The van der Waals surface area contributed by atoms with E-state index in [2.05, 4.69) is 4.72 Å². The van der Waals surface area contributed by atoms with E-state index in [9.17, 15) is 18.0 Å². The summed E-state index contributed by atoms with van der Waals surface area (Å²) in [6, 6.07) is 6.40. The molecule has 0 aromatic heterocycles. The fourth-order valence-electron chi connectivity index (χ4n) is 1.92. The van der Waals surface area contributed by atoms with Gasteiger partial charge in [0.25, 0.3) is 11.8 Å². The van der Waals surface area contributed by atoms with Gasteiger partial charge in [-0.05, 0) is 19.1 Å². The number of carbonyl (C=O) groups is 2. The highest BCUT2D eigenvalue weighted by Gasteiger charge is 2.38. The summed E-state index contributed by atoms with van der Waals surface area (Å²) in [6.07, 6.45) is 0.0641. The SMILES string of the molecule is CC(NS(C)(=O)=O)N1C(=O)c2ccccc2C1=O. The van der Waals surface area contributed by atoms with Crippen molar-refractivity contribution in [2.75, 3.05) is 6.26 Å². The molecule has 0 fully saturated rings. The summed E-state index contributed by atoms with van der Waals surface area (Å²) < 4.78 is 24.5. The number of nitrogens with zero attached hydrogens (tertiary/aromatic N) is 1. The van der Waals surface area contributed by atoms with E-state index >= 15 is 0 Å². The maximum atomic E-state index is 12.0. The van der Waals surface area contributed by atoms with Gasteiger partial charge in [0.2, 0.25) is 10.0 Å². The maximum absolute atomic E-state index is 12.0. The van der Waals surface area contributed by atoms with Crippen LogP contribution >= 0.6 is 0 Å². The molecule has 1 aromatic rings. The summed E-state index contributed by atoms with van der Waals surface area (Å²) in [4.78, 5) is 24.9. The number of sulfonamides is 1. The Labute approximate surface area is 105 Å². The van der Waals surface area contributed by atoms with Crippen molar-refractivity contribution >= 4 is 21.8 Å². The third-order valence-corrected chi connectivity index (χ3v) is 3.37. The first-order chi connectivity index (χ1) is 8.31. The van der Waals surface area contributed by atoms with Crippen LogP contribution in [0.5, 0.6) is 0 Å². The molecule has 18 heavy (non-hydrogen) atoms. The van der Waals surface area contributed by atoms with E-state index in [1.165, 1.54) is 6.92 Å². The Morgan fingerprint density at radius 1 is 1.11 bits per heavy atom. The second-order valence-electron chi connectivity index (χ2n) is 4.09. The first-order valence-electron chi connectivity index (χ1n) is 5.25. The van der Waals surface area contributed by atoms with Crippen LogP contribution in [0.1, 0.15) is 27.6 Å². The van der Waals surface area contributed by atoms with Crippen LogP contribution in [0.25, 0.3) is 0 Å². The Kier molecular flexibility index (Phi) is 2.95. The number of hydrogen-bond acceptors (Lipinski definition) is 4. The number of imide groups is 1. The first-order valence-corrected chi connectivity index (χ1v) is 7.14. The van der Waals surface area contributed by atoms with Crippen molar-refractivity contribution in [1.29, 1.82) is 0 Å². The number of amides is 2. The molecule has 1 unspecified atom stereocenters. The molecule has 1 atom stereocenters. The van der Waals surface area contributed by atoms with Gasteiger partial charge in [-0.1, -0.05) is 12.1 Å². The zero-order valence-corrected chi connectivity index (χ0v) is 10.7. The van der Waals surface area contributed by atoms with Crippen LogP contribution in [0, 0.1) is 0 Å². The standard InChI is InChI=1S/C11H12N2O4S/c1-7(12-18(2,16)17)13-10(14)8-5-3-4-6-9(8)11(13)15/h3-7,12H,1-2H3. The monoisotopic (exact) mass is 268 g/mol. The zero-order valence-electron chi connectivity index (χ0n) is 9.88. The van der Waals surface area contributed by atoms with E-state index in [1.807, 2.05) is 0 Å². The molecule has 0 aliphatic carbocycles. The molecule has 0 spiro atoms. The van der Waals surface area contributed by atoms with Crippen LogP contribution in [0.4, 0.5) is 0 Å². The lowest BCUT2D eigenvalue weighted by molar-refractivity contribution is 0.0589. The Balaban J connectivity index is 2.34. The summed E-state index contributed by atoms with van der Waals surface area (Å²) in [5, 5.41) is 0. The topological polar surface area (TPSA) is 83.6 Å². The van der Waals surface area contributed by atoms with E-state index in [1.54, 1.807) is 24.3 Å². The van der Waals surface area contributed by atoms with Gasteiger partial charge in [0.05, 0.1) is 17.4 Å². The van der Waals surface area contributed by atoms with E-state index in [0.717, 1.165) is 11.2 Å². The van der Waals surface area contributed by atoms with Crippen molar-refractivity contribution in [2.45, 2.75) is 13.1 Å². The Morgan fingerprint density at radius 2 is 1.56 bits per heavy atom. The number of benzene rings is 1. The smallest absolute Gasteiger partial charge is 0.262 e. The third kappa shape index (κ3) is 2.14. The van der Waals surface area contributed by atoms with Gasteiger partial charge in [-0.3, -0.25) is 14.5 Å². The van der Waals surface area contributed by atoms with Crippen LogP contribution in [-0.4, -0.2) is 37.6 Å². The van der Waals surface area contributed by atoms with Gasteiger partial charge >= 0.3 is 0 Å². The molecule has 0 saturated heterocycles. The van der Waals surface area contributed by atoms with Gasteiger partial charge in [0.1, 0.15) is 6.17 Å². The molecule has 0 saturated carbocycles. The van der Waals surface area contributed by atoms with E-state index in [-0.39, 0.29) is 0 Å². The van der Waals surface area contributed by atoms with Crippen molar-refractivity contribution in [3.8, 4) is 0 Å².